The van der Waals surface area contributed by atoms with Crippen molar-refractivity contribution in [3.63, 3.8) is 0 Å². The molecular weight excluding hydrogens is 254 g/mol. The molecule has 0 aliphatic heterocycles. The Balaban J connectivity index is 1.78. The van der Waals surface area contributed by atoms with Crippen LogP contribution in [-0.2, 0) is 9.59 Å². The lowest BCUT2D eigenvalue weighted by Gasteiger charge is -2.31. The highest BCUT2D eigenvalue weighted by Gasteiger charge is 2.31. The zero-order chi connectivity index (χ0) is 14.4. The number of carbonyl (C=O) groups excluding carboxylic acids is 2. The Morgan fingerprint density at radius 3 is 2.55 bits per heavy atom. The minimum absolute atomic E-state index is 0.102. The smallest absolute Gasteiger partial charge is 0.223 e. The van der Waals surface area contributed by atoms with Crippen LogP contribution in [0.2, 0.25) is 0 Å². The molecule has 2 rings (SSSR count). The Kier molecular flexibility index (Phi) is 5.62. The summed E-state index contributed by atoms with van der Waals surface area (Å²) in [7, 11) is 0. The fourth-order valence-corrected chi connectivity index (χ4v) is 3.34. The summed E-state index contributed by atoms with van der Waals surface area (Å²) in [5.74, 6) is -2.16. The number of carbonyl (C=O) groups is 2. The molecule has 1 saturated carbocycles. The van der Waals surface area contributed by atoms with E-state index in [1.165, 1.54) is 18.4 Å². The highest BCUT2D eigenvalue weighted by atomic mass is 16.4. The summed E-state index contributed by atoms with van der Waals surface area (Å²) in [4.78, 5) is 23.2. The largest absolute Gasteiger partial charge is 0.550 e. The minimum atomic E-state index is -1.07. The molecule has 0 bridgehead atoms. The zero-order valence-corrected chi connectivity index (χ0v) is 12.0. The summed E-state index contributed by atoms with van der Waals surface area (Å²) in [6.07, 6.45) is 11.1. The van der Waals surface area contributed by atoms with E-state index < -0.39 is 17.8 Å². The SMILES string of the molecule is O=C([O-])C1CCCCC1C(=O)NCCC1=CCCCC1. The van der Waals surface area contributed by atoms with Gasteiger partial charge in [0, 0.05) is 24.3 Å². The number of carboxylic acid groups (broad SMARTS) is 1. The fourth-order valence-electron chi connectivity index (χ4n) is 3.34. The van der Waals surface area contributed by atoms with Crippen molar-refractivity contribution in [2.75, 3.05) is 6.54 Å². The summed E-state index contributed by atoms with van der Waals surface area (Å²) in [6.45, 7) is 0.626. The summed E-state index contributed by atoms with van der Waals surface area (Å²) >= 11 is 0. The summed E-state index contributed by atoms with van der Waals surface area (Å²) in [5, 5.41) is 14.0. The number of carboxylic acids is 1. The van der Waals surface area contributed by atoms with Gasteiger partial charge in [-0.05, 0) is 44.9 Å². The van der Waals surface area contributed by atoms with Crippen LogP contribution in [0, 0.1) is 11.8 Å². The van der Waals surface area contributed by atoms with Crippen LogP contribution in [0.15, 0.2) is 11.6 Å². The monoisotopic (exact) mass is 278 g/mol. The first-order chi connectivity index (χ1) is 9.68. The Hall–Kier alpha value is -1.32. The van der Waals surface area contributed by atoms with Crippen molar-refractivity contribution in [1.82, 2.24) is 5.32 Å². The molecule has 20 heavy (non-hydrogen) atoms. The summed E-state index contributed by atoms with van der Waals surface area (Å²) < 4.78 is 0. The molecule has 0 heterocycles. The molecule has 2 atom stereocenters. The maximum absolute atomic E-state index is 12.1. The van der Waals surface area contributed by atoms with Gasteiger partial charge in [-0.2, -0.15) is 0 Å². The van der Waals surface area contributed by atoms with E-state index in [4.69, 9.17) is 0 Å². The molecule has 2 aliphatic rings. The van der Waals surface area contributed by atoms with Crippen LogP contribution >= 0.6 is 0 Å². The average molecular weight is 278 g/mol. The maximum Gasteiger partial charge on any atom is 0.223 e. The molecule has 1 amide bonds. The molecule has 1 N–H and O–H groups in total. The van der Waals surface area contributed by atoms with Crippen molar-refractivity contribution in [1.29, 1.82) is 0 Å². The number of amides is 1. The van der Waals surface area contributed by atoms with Gasteiger partial charge in [-0.1, -0.05) is 24.5 Å². The van der Waals surface area contributed by atoms with E-state index in [9.17, 15) is 14.7 Å². The molecule has 0 radical (unpaired) electrons. The van der Waals surface area contributed by atoms with Gasteiger partial charge in [0.25, 0.3) is 0 Å². The number of aliphatic carboxylic acids is 1. The molecule has 2 aliphatic carbocycles. The van der Waals surface area contributed by atoms with Crippen LogP contribution in [-0.4, -0.2) is 18.4 Å². The highest BCUT2D eigenvalue weighted by molar-refractivity contribution is 5.84. The maximum atomic E-state index is 12.1. The van der Waals surface area contributed by atoms with Crippen LogP contribution in [0.3, 0.4) is 0 Å². The van der Waals surface area contributed by atoms with Gasteiger partial charge >= 0.3 is 0 Å². The second-order valence-corrected chi connectivity index (χ2v) is 5.97. The molecular formula is C16H24NO3-. The van der Waals surface area contributed by atoms with Gasteiger partial charge in [0.15, 0.2) is 0 Å². The Morgan fingerprint density at radius 2 is 1.90 bits per heavy atom. The second-order valence-electron chi connectivity index (χ2n) is 5.97. The first-order valence-corrected chi connectivity index (χ1v) is 7.85. The lowest BCUT2D eigenvalue weighted by Crippen LogP contribution is -2.44. The number of rotatable bonds is 5. The number of nitrogens with one attached hydrogen (secondary N) is 1. The third-order valence-electron chi connectivity index (χ3n) is 4.54. The molecule has 112 valence electrons. The van der Waals surface area contributed by atoms with Gasteiger partial charge in [0.2, 0.25) is 5.91 Å². The van der Waals surface area contributed by atoms with E-state index in [0.29, 0.717) is 19.4 Å². The topological polar surface area (TPSA) is 69.2 Å². The average Bonchev–Trinajstić information content (AvgIpc) is 2.48. The molecule has 1 fully saturated rings. The van der Waals surface area contributed by atoms with Crippen LogP contribution in [0.25, 0.3) is 0 Å². The van der Waals surface area contributed by atoms with Gasteiger partial charge in [-0.25, -0.2) is 0 Å². The van der Waals surface area contributed by atoms with Crippen LogP contribution in [0.4, 0.5) is 0 Å². The number of hydrogen-bond donors (Lipinski definition) is 1. The predicted octanol–water partition coefficient (Wildman–Crippen LogP) is 1.55. The second kappa shape index (κ2) is 7.46. The van der Waals surface area contributed by atoms with Crippen LogP contribution in [0.5, 0.6) is 0 Å². The van der Waals surface area contributed by atoms with E-state index in [0.717, 1.165) is 32.1 Å². The molecule has 4 heteroatoms. The molecule has 4 nitrogen and oxygen atoms in total. The van der Waals surface area contributed by atoms with Crippen molar-refractivity contribution in [2.24, 2.45) is 11.8 Å². The van der Waals surface area contributed by atoms with Gasteiger partial charge in [0.1, 0.15) is 0 Å². The van der Waals surface area contributed by atoms with Crippen molar-refractivity contribution in [3.05, 3.63) is 11.6 Å². The standard InChI is InChI=1S/C16H25NO3/c18-15(13-8-4-5-9-14(13)16(19)20)17-11-10-12-6-2-1-3-7-12/h6,13-14H,1-5,7-11H2,(H,17,18)(H,19,20)/p-1. The van der Waals surface area contributed by atoms with Gasteiger partial charge in [0.05, 0.1) is 0 Å². The zero-order valence-electron chi connectivity index (χ0n) is 12.0. The normalized spacial score (nSPS) is 26.7. The van der Waals surface area contributed by atoms with E-state index >= 15 is 0 Å². The minimum Gasteiger partial charge on any atom is -0.550 e. The van der Waals surface area contributed by atoms with Gasteiger partial charge in [-0.15, -0.1) is 0 Å². The van der Waals surface area contributed by atoms with E-state index in [-0.39, 0.29) is 5.91 Å². The molecule has 0 saturated heterocycles. The quantitative estimate of drug-likeness (QED) is 0.776. The molecule has 2 unspecified atom stereocenters. The highest BCUT2D eigenvalue weighted by Crippen LogP contribution is 2.30. The first-order valence-electron chi connectivity index (χ1n) is 7.85. The molecule has 0 aromatic carbocycles. The summed E-state index contributed by atoms with van der Waals surface area (Å²) in [5.41, 5.74) is 1.43. The van der Waals surface area contributed by atoms with Crippen molar-refractivity contribution >= 4 is 11.9 Å². The molecule has 0 spiro atoms. The summed E-state index contributed by atoms with van der Waals surface area (Å²) in [6, 6.07) is 0. The number of allylic oxidation sites excluding steroid dienone is 1. The van der Waals surface area contributed by atoms with Gasteiger partial charge < -0.3 is 15.2 Å². The Labute approximate surface area is 120 Å². The Bertz CT molecular complexity index is 389. The van der Waals surface area contributed by atoms with E-state index in [2.05, 4.69) is 11.4 Å². The van der Waals surface area contributed by atoms with Crippen molar-refractivity contribution < 1.29 is 14.7 Å². The predicted molar refractivity (Wildman–Crippen MR) is 74.6 cm³/mol. The fraction of sp³-hybridized carbons (Fsp3) is 0.750. The first kappa shape index (κ1) is 15.1. The molecule has 0 aromatic rings. The lowest BCUT2D eigenvalue weighted by atomic mass is 9.78. The van der Waals surface area contributed by atoms with Crippen LogP contribution < -0.4 is 10.4 Å². The van der Waals surface area contributed by atoms with E-state index in [1.807, 2.05) is 0 Å². The van der Waals surface area contributed by atoms with Crippen molar-refractivity contribution in [3.8, 4) is 0 Å². The lowest BCUT2D eigenvalue weighted by molar-refractivity contribution is -0.314. The molecule has 0 aromatic heterocycles. The van der Waals surface area contributed by atoms with E-state index in [1.54, 1.807) is 0 Å². The third kappa shape index (κ3) is 4.09. The van der Waals surface area contributed by atoms with Crippen molar-refractivity contribution in [2.45, 2.75) is 57.8 Å². The Morgan fingerprint density at radius 1 is 1.15 bits per heavy atom. The number of hydrogen-bond acceptors (Lipinski definition) is 3. The van der Waals surface area contributed by atoms with Gasteiger partial charge in [-0.3, -0.25) is 4.79 Å². The third-order valence-corrected chi connectivity index (χ3v) is 4.54. The van der Waals surface area contributed by atoms with Crippen LogP contribution in [0.1, 0.15) is 57.8 Å².